The number of unbranched alkanes of at least 4 members (excludes halogenated alkanes) is 2. The molecule has 1 aromatic rings. The Morgan fingerprint density at radius 1 is 1.10 bits per heavy atom. The monoisotopic (exact) mass is 553 g/mol. The molecule has 0 radical (unpaired) electrons. The van der Waals surface area contributed by atoms with Crippen LogP contribution in [0.5, 0.6) is 0 Å². The third-order valence-corrected chi connectivity index (χ3v) is 10.7. The third-order valence-electron chi connectivity index (χ3n) is 8.67. The highest BCUT2D eigenvalue weighted by Gasteiger charge is 2.77. The van der Waals surface area contributed by atoms with Gasteiger partial charge in [-0.15, -0.1) is 24.9 Å². The maximum atomic E-state index is 14.4. The van der Waals surface area contributed by atoms with Gasteiger partial charge in [0.1, 0.15) is 6.04 Å². The normalized spacial score (nSPS) is 28.8. The number of fused-ring (bicyclic) bond motifs is 1. The average molecular weight is 554 g/mol. The number of benzene rings is 1. The van der Waals surface area contributed by atoms with Crippen LogP contribution in [0.3, 0.4) is 0 Å². The molecule has 7 nitrogen and oxygen atoms in total. The minimum Gasteiger partial charge on any atom is -0.396 e. The van der Waals surface area contributed by atoms with Crippen molar-refractivity contribution in [3.05, 3.63) is 55.6 Å². The van der Waals surface area contributed by atoms with Crippen LogP contribution in [0.15, 0.2) is 55.6 Å². The van der Waals surface area contributed by atoms with Gasteiger partial charge in [0.2, 0.25) is 17.7 Å². The van der Waals surface area contributed by atoms with Crippen LogP contribution in [0, 0.1) is 11.8 Å². The van der Waals surface area contributed by atoms with Gasteiger partial charge in [0, 0.05) is 43.2 Å². The Morgan fingerprint density at radius 3 is 2.46 bits per heavy atom. The fourth-order valence-electron chi connectivity index (χ4n) is 6.91. The van der Waals surface area contributed by atoms with Crippen LogP contribution in [-0.4, -0.2) is 80.9 Å². The first-order valence-corrected chi connectivity index (χ1v) is 15.1. The summed E-state index contributed by atoms with van der Waals surface area (Å²) >= 11 is 1.70. The van der Waals surface area contributed by atoms with Gasteiger partial charge in [-0.05, 0) is 51.2 Å². The highest BCUT2D eigenvalue weighted by atomic mass is 32.2. The van der Waals surface area contributed by atoms with E-state index in [0.29, 0.717) is 39.0 Å². The van der Waals surface area contributed by atoms with Crippen molar-refractivity contribution < 1.29 is 19.5 Å². The van der Waals surface area contributed by atoms with Crippen molar-refractivity contribution in [2.75, 3.05) is 37.7 Å². The maximum Gasteiger partial charge on any atom is 0.247 e. The molecule has 3 fully saturated rings. The standard InChI is InChI=1S/C31H43N3O4S/c1-5-8-20-32(18-6-2)29(38)26-31-17-16-30(4,39-31)24(25(31)28(37)34(26)21-12-13-22-35)27(36)33(19-7-3)23-14-10-9-11-15-23/h6-7,9-11,14-15,24-26,35H,2-3,5,8,12-13,16-22H2,1,4H3/t24-,25-,26?,30+,31?/m0/s1. The Morgan fingerprint density at radius 2 is 1.82 bits per heavy atom. The zero-order valence-electron chi connectivity index (χ0n) is 23.4. The van der Waals surface area contributed by atoms with Crippen molar-refractivity contribution in [3.63, 3.8) is 0 Å². The van der Waals surface area contributed by atoms with Gasteiger partial charge in [0.05, 0.1) is 16.6 Å². The fraction of sp³-hybridized carbons (Fsp3) is 0.581. The summed E-state index contributed by atoms with van der Waals surface area (Å²) in [5.74, 6) is -1.32. The van der Waals surface area contributed by atoms with Crippen molar-refractivity contribution in [1.82, 2.24) is 9.80 Å². The molecule has 1 spiro atoms. The van der Waals surface area contributed by atoms with Crippen LogP contribution < -0.4 is 4.90 Å². The number of hydrogen-bond acceptors (Lipinski definition) is 5. The summed E-state index contributed by atoms with van der Waals surface area (Å²) in [6.45, 7) is 13.8. The Bertz CT molecular complexity index is 1080. The molecule has 0 aromatic heterocycles. The minimum atomic E-state index is -0.648. The first-order chi connectivity index (χ1) is 18.8. The molecule has 1 aromatic carbocycles. The van der Waals surface area contributed by atoms with Crippen molar-refractivity contribution in [3.8, 4) is 0 Å². The molecule has 3 saturated heterocycles. The first-order valence-electron chi connectivity index (χ1n) is 14.3. The van der Waals surface area contributed by atoms with E-state index in [9.17, 15) is 19.5 Å². The molecule has 3 heterocycles. The molecule has 212 valence electrons. The second kappa shape index (κ2) is 12.3. The van der Waals surface area contributed by atoms with Crippen molar-refractivity contribution in [2.24, 2.45) is 11.8 Å². The van der Waals surface area contributed by atoms with E-state index in [1.54, 1.807) is 33.7 Å². The third kappa shape index (κ3) is 5.18. The molecule has 0 saturated carbocycles. The molecule has 2 unspecified atom stereocenters. The number of thioether (sulfide) groups is 1. The quantitative estimate of drug-likeness (QED) is 0.275. The number of aliphatic hydroxyl groups is 1. The second-order valence-corrected chi connectivity index (χ2v) is 13.1. The summed E-state index contributed by atoms with van der Waals surface area (Å²) in [4.78, 5) is 48.3. The first kappa shape index (κ1) is 29.4. The van der Waals surface area contributed by atoms with Gasteiger partial charge in [0.15, 0.2) is 0 Å². The van der Waals surface area contributed by atoms with Gasteiger partial charge in [-0.25, -0.2) is 0 Å². The lowest BCUT2D eigenvalue weighted by molar-refractivity contribution is -0.143. The van der Waals surface area contributed by atoms with Gasteiger partial charge >= 0.3 is 0 Å². The van der Waals surface area contributed by atoms with E-state index >= 15 is 0 Å². The lowest BCUT2D eigenvalue weighted by Crippen LogP contribution is -2.55. The highest BCUT2D eigenvalue weighted by molar-refractivity contribution is 8.02. The number of carbonyl (C=O) groups is 3. The molecule has 8 heteroatoms. The molecule has 2 bridgehead atoms. The predicted molar refractivity (Wildman–Crippen MR) is 157 cm³/mol. The van der Waals surface area contributed by atoms with E-state index in [1.165, 1.54) is 0 Å². The van der Waals surface area contributed by atoms with Crippen molar-refractivity contribution in [2.45, 2.75) is 67.9 Å². The summed E-state index contributed by atoms with van der Waals surface area (Å²) < 4.78 is -1.08. The Labute approximate surface area is 237 Å². The molecule has 39 heavy (non-hydrogen) atoms. The average Bonchev–Trinajstić information content (AvgIpc) is 3.50. The molecule has 1 N–H and O–H groups in total. The summed E-state index contributed by atoms with van der Waals surface area (Å²) in [7, 11) is 0. The number of para-hydroxylation sites is 1. The van der Waals surface area contributed by atoms with Crippen LogP contribution in [0.25, 0.3) is 0 Å². The minimum absolute atomic E-state index is 0.0375. The smallest absolute Gasteiger partial charge is 0.247 e. The van der Waals surface area contributed by atoms with Gasteiger partial charge < -0.3 is 19.8 Å². The number of aliphatic hydroxyl groups excluding tert-OH is 1. The number of rotatable bonds is 14. The summed E-state index contributed by atoms with van der Waals surface area (Å²) in [6, 6.07) is 8.91. The number of likely N-dealkylation sites (tertiary alicyclic amines) is 1. The number of amides is 3. The van der Waals surface area contributed by atoms with E-state index in [1.807, 2.05) is 35.2 Å². The zero-order chi connectivity index (χ0) is 28.2. The Kier molecular flexibility index (Phi) is 9.27. The van der Waals surface area contributed by atoms with E-state index in [2.05, 4.69) is 27.0 Å². The molecule has 4 rings (SSSR count). The molecule has 0 aliphatic carbocycles. The molecule has 5 atom stereocenters. The highest BCUT2D eigenvalue weighted by Crippen LogP contribution is 2.71. The molecular weight excluding hydrogens is 510 g/mol. The van der Waals surface area contributed by atoms with Crippen LogP contribution in [0.1, 0.15) is 52.4 Å². The van der Waals surface area contributed by atoms with Crippen LogP contribution >= 0.6 is 11.8 Å². The van der Waals surface area contributed by atoms with Gasteiger partial charge in [-0.1, -0.05) is 43.7 Å². The predicted octanol–water partition coefficient (Wildman–Crippen LogP) is 4.27. The lowest BCUT2D eigenvalue weighted by atomic mass is 9.66. The maximum absolute atomic E-state index is 14.4. The second-order valence-electron chi connectivity index (χ2n) is 11.2. The van der Waals surface area contributed by atoms with E-state index in [0.717, 1.165) is 31.4 Å². The van der Waals surface area contributed by atoms with E-state index < -0.39 is 27.4 Å². The van der Waals surface area contributed by atoms with Crippen LogP contribution in [-0.2, 0) is 14.4 Å². The molecular formula is C31H43N3O4S. The molecule has 3 aliphatic rings. The topological polar surface area (TPSA) is 81.2 Å². The van der Waals surface area contributed by atoms with Crippen molar-refractivity contribution in [1.29, 1.82) is 0 Å². The SMILES string of the molecule is C=CCN(CCCC)C(=O)C1N(CCCCO)C(=O)[C@@H]2[C@@H](C(=O)N(CC=C)c3ccccc3)[C@@]3(C)CCC12S3. The van der Waals surface area contributed by atoms with E-state index in [-0.39, 0.29) is 24.3 Å². The van der Waals surface area contributed by atoms with Gasteiger partial charge in [-0.2, -0.15) is 0 Å². The van der Waals surface area contributed by atoms with Crippen LogP contribution in [0.2, 0.25) is 0 Å². The largest absolute Gasteiger partial charge is 0.396 e. The van der Waals surface area contributed by atoms with E-state index in [4.69, 9.17) is 0 Å². The molecule has 3 amide bonds. The summed E-state index contributed by atoms with van der Waals surface area (Å²) in [6.07, 6.45) is 7.97. The number of anilines is 1. The summed E-state index contributed by atoms with van der Waals surface area (Å²) in [5.41, 5.74) is 0.780. The Balaban J connectivity index is 1.75. The number of nitrogens with zero attached hydrogens (tertiary/aromatic N) is 3. The van der Waals surface area contributed by atoms with Crippen molar-refractivity contribution >= 4 is 35.2 Å². The zero-order valence-corrected chi connectivity index (χ0v) is 24.2. The fourth-order valence-corrected chi connectivity index (χ4v) is 9.26. The lowest BCUT2D eigenvalue weighted by Gasteiger charge is -2.38. The number of hydrogen-bond donors (Lipinski definition) is 1. The summed E-state index contributed by atoms with van der Waals surface area (Å²) in [5, 5.41) is 9.42. The Hall–Kier alpha value is -2.58. The van der Waals surface area contributed by atoms with Gasteiger partial charge in [0.25, 0.3) is 0 Å². The van der Waals surface area contributed by atoms with Crippen LogP contribution in [0.4, 0.5) is 5.69 Å². The number of carbonyl (C=O) groups excluding carboxylic acids is 3. The van der Waals surface area contributed by atoms with Gasteiger partial charge in [-0.3, -0.25) is 14.4 Å². The molecule has 3 aliphatic heterocycles.